The molecule has 23 heavy (non-hydrogen) atoms. The molecular formula is C18H20BrNO3. The second-order valence-electron chi connectivity index (χ2n) is 4.98. The average Bonchev–Trinajstić information content (AvgIpc) is 2.54. The zero-order valence-electron chi connectivity index (χ0n) is 13.3. The van der Waals surface area contributed by atoms with Gasteiger partial charge in [0.05, 0.1) is 17.9 Å². The molecule has 5 heteroatoms. The number of nitrogens with one attached hydrogen (secondary N) is 1. The van der Waals surface area contributed by atoms with Crippen LogP contribution in [0.25, 0.3) is 0 Å². The van der Waals surface area contributed by atoms with Crippen LogP contribution in [0.5, 0.6) is 5.75 Å². The van der Waals surface area contributed by atoms with Gasteiger partial charge in [0.15, 0.2) is 0 Å². The first-order chi connectivity index (χ1) is 11.1. The summed E-state index contributed by atoms with van der Waals surface area (Å²) >= 11 is 3.46. The molecule has 2 aromatic carbocycles. The number of anilines is 1. The van der Waals surface area contributed by atoms with Gasteiger partial charge in [-0.15, -0.1) is 0 Å². The zero-order chi connectivity index (χ0) is 16.7. The van der Waals surface area contributed by atoms with Gasteiger partial charge in [0.1, 0.15) is 12.4 Å². The second-order valence-corrected chi connectivity index (χ2v) is 5.83. The van der Waals surface area contributed by atoms with E-state index in [1.165, 1.54) is 0 Å². The Hall–Kier alpha value is -1.85. The molecule has 0 saturated heterocycles. The molecule has 0 aliphatic rings. The van der Waals surface area contributed by atoms with Crippen molar-refractivity contribution in [3.05, 3.63) is 58.1 Å². The van der Waals surface area contributed by atoms with E-state index in [4.69, 9.17) is 9.47 Å². The molecule has 2 aromatic rings. The summed E-state index contributed by atoms with van der Waals surface area (Å²) in [6.07, 6.45) is 0. The summed E-state index contributed by atoms with van der Waals surface area (Å²) in [6.45, 7) is 5.48. The van der Waals surface area contributed by atoms with E-state index in [1.807, 2.05) is 44.2 Å². The highest BCUT2D eigenvalue weighted by Crippen LogP contribution is 2.25. The summed E-state index contributed by atoms with van der Waals surface area (Å²) in [5, 5.41) is 2.90. The number of ether oxygens (including phenoxy) is 2. The van der Waals surface area contributed by atoms with Crippen LogP contribution in [0.4, 0.5) is 5.69 Å². The Bertz CT molecular complexity index is 673. The van der Waals surface area contributed by atoms with Crippen molar-refractivity contribution in [2.24, 2.45) is 0 Å². The van der Waals surface area contributed by atoms with Crippen molar-refractivity contribution in [1.82, 2.24) is 0 Å². The van der Waals surface area contributed by atoms with Crippen LogP contribution < -0.4 is 10.1 Å². The Balaban J connectivity index is 2.09. The van der Waals surface area contributed by atoms with Gasteiger partial charge in [-0.25, -0.2) is 0 Å². The molecule has 4 nitrogen and oxygen atoms in total. The predicted molar refractivity (Wildman–Crippen MR) is 95.3 cm³/mol. The third-order valence-corrected chi connectivity index (χ3v) is 3.85. The van der Waals surface area contributed by atoms with Gasteiger partial charge < -0.3 is 14.8 Å². The minimum absolute atomic E-state index is 0.207. The Morgan fingerprint density at radius 1 is 1.17 bits per heavy atom. The summed E-state index contributed by atoms with van der Waals surface area (Å²) < 4.78 is 11.7. The highest BCUT2D eigenvalue weighted by molar-refractivity contribution is 9.10. The summed E-state index contributed by atoms with van der Waals surface area (Å²) in [5.41, 5.74) is 2.34. The number of para-hydroxylation sites is 1. The Morgan fingerprint density at radius 2 is 1.96 bits per heavy atom. The molecule has 1 N–H and O–H groups in total. The predicted octanol–water partition coefficient (Wildman–Crippen LogP) is 4.43. The summed E-state index contributed by atoms with van der Waals surface area (Å²) in [5.74, 6) is 0.342. The maximum Gasteiger partial charge on any atom is 0.259 e. The van der Waals surface area contributed by atoms with Crippen molar-refractivity contribution < 1.29 is 14.3 Å². The van der Waals surface area contributed by atoms with Crippen molar-refractivity contribution in [2.75, 3.05) is 25.1 Å². The molecule has 0 aliphatic heterocycles. The van der Waals surface area contributed by atoms with Gasteiger partial charge in [-0.2, -0.15) is 0 Å². The Labute approximate surface area is 144 Å². The van der Waals surface area contributed by atoms with Crippen LogP contribution in [0.15, 0.2) is 46.9 Å². The summed E-state index contributed by atoms with van der Waals surface area (Å²) in [7, 11) is 0. The van der Waals surface area contributed by atoms with Crippen LogP contribution in [0.3, 0.4) is 0 Å². The zero-order valence-corrected chi connectivity index (χ0v) is 14.9. The molecule has 0 aliphatic carbocycles. The van der Waals surface area contributed by atoms with E-state index in [-0.39, 0.29) is 5.91 Å². The quantitative estimate of drug-likeness (QED) is 0.726. The lowest BCUT2D eigenvalue weighted by Gasteiger charge is -2.12. The van der Waals surface area contributed by atoms with Gasteiger partial charge in [0, 0.05) is 11.1 Å². The van der Waals surface area contributed by atoms with E-state index in [0.717, 1.165) is 15.7 Å². The maximum atomic E-state index is 12.5. The normalized spacial score (nSPS) is 10.4. The molecule has 0 unspecified atom stereocenters. The molecule has 0 radical (unpaired) electrons. The number of hydrogen-bond acceptors (Lipinski definition) is 3. The fraction of sp³-hybridized carbons (Fsp3) is 0.278. The topological polar surface area (TPSA) is 47.6 Å². The molecule has 0 heterocycles. The van der Waals surface area contributed by atoms with Crippen LogP contribution in [-0.2, 0) is 4.74 Å². The van der Waals surface area contributed by atoms with E-state index in [2.05, 4.69) is 21.2 Å². The lowest BCUT2D eigenvalue weighted by atomic mass is 10.1. The molecule has 0 saturated carbocycles. The number of halogens is 1. The number of carbonyl (C=O) groups is 1. The molecule has 122 valence electrons. The largest absolute Gasteiger partial charge is 0.490 e. The van der Waals surface area contributed by atoms with Gasteiger partial charge in [0.2, 0.25) is 0 Å². The van der Waals surface area contributed by atoms with Crippen LogP contribution in [0.2, 0.25) is 0 Å². The Morgan fingerprint density at radius 3 is 2.70 bits per heavy atom. The van der Waals surface area contributed by atoms with Crippen molar-refractivity contribution >= 4 is 27.5 Å². The van der Waals surface area contributed by atoms with Crippen molar-refractivity contribution in [1.29, 1.82) is 0 Å². The maximum absolute atomic E-state index is 12.5. The van der Waals surface area contributed by atoms with E-state index >= 15 is 0 Å². The fourth-order valence-electron chi connectivity index (χ4n) is 2.05. The molecule has 0 bridgehead atoms. The van der Waals surface area contributed by atoms with Gasteiger partial charge in [-0.3, -0.25) is 4.79 Å². The molecule has 0 spiro atoms. The lowest BCUT2D eigenvalue weighted by molar-refractivity contribution is 0.0998. The SMILES string of the molecule is CCOCCOc1ccccc1C(=O)Nc1ccc(C)cc1Br. The van der Waals surface area contributed by atoms with Crippen LogP contribution in [0.1, 0.15) is 22.8 Å². The van der Waals surface area contributed by atoms with Crippen molar-refractivity contribution in [3.8, 4) is 5.75 Å². The number of aryl methyl sites for hydroxylation is 1. The molecule has 0 atom stereocenters. The summed E-state index contributed by atoms with van der Waals surface area (Å²) in [6, 6.07) is 13.0. The van der Waals surface area contributed by atoms with Crippen LogP contribution in [-0.4, -0.2) is 25.7 Å². The highest BCUT2D eigenvalue weighted by atomic mass is 79.9. The van der Waals surface area contributed by atoms with Gasteiger partial charge in [0.25, 0.3) is 5.91 Å². The van der Waals surface area contributed by atoms with Crippen LogP contribution >= 0.6 is 15.9 Å². The van der Waals surface area contributed by atoms with Crippen LogP contribution in [0, 0.1) is 6.92 Å². The standard InChI is InChI=1S/C18H20BrNO3/c1-3-22-10-11-23-17-7-5-4-6-14(17)18(21)20-16-9-8-13(2)12-15(16)19/h4-9,12H,3,10-11H2,1-2H3,(H,20,21). The van der Waals surface area contributed by atoms with E-state index in [1.54, 1.807) is 12.1 Å². The van der Waals surface area contributed by atoms with Gasteiger partial charge in [-0.05, 0) is 59.6 Å². The molecule has 2 rings (SSSR count). The number of amides is 1. The van der Waals surface area contributed by atoms with Crippen molar-refractivity contribution in [2.45, 2.75) is 13.8 Å². The van der Waals surface area contributed by atoms with E-state index < -0.39 is 0 Å². The number of hydrogen-bond donors (Lipinski definition) is 1. The first-order valence-corrected chi connectivity index (χ1v) is 8.28. The second kappa shape index (κ2) is 8.70. The lowest BCUT2D eigenvalue weighted by Crippen LogP contribution is -2.15. The minimum Gasteiger partial charge on any atom is -0.490 e. The monoisotopic (exact) mass is 377 g/mol. The number of rotatable bonds is 7. The third kappa shape index (κ3) is 5.08. The molecule has 1 amide bonds. The van der Waals surface area contributed by atoms with Gasteiger partial charge in [-0.1, -0.05) is 18.2 Å². The molecule has 0 aromatic heterocycles. The van der Waals surface area contributed by atoms with Crippen molar-refractivity contribution in [3.63, 3.8) is 0 Å². The number of carbonyl (C=O) groups excluding carboxylic acids is 1. The minimum atomic E-state index is -0.207. The Kier molecular flexibility index (Phi) is 6.62. The third-order valence-electron chi connectivity index (χ3n) is 3.19. The summed E-state index contributed by atoms with van der Waals surface area (Å²) in [4.78, 5) is 12.5. The fourth-order valence-corrected chi connectivity index (χ4v) is 2.64. The highest BCUT2D eigenvalue weighted by Gasteiger charge is 2.13. The van der Waals surface area contributed by atoms with Gasteiger partial charge >= 0.3 is 0 Å². The first kappa shape index (κ1) is 17.5. The first-order valence-electron chi connectivity index (χ1n) is 7.49. The molecular weight excluding hydrogens is 358 g/mol. The van der Waals surface area contributed by atoms with E-state index in [0.29, 0.717) is 31.1 Å². The van der Waals surface area contributed by atoms with E-state index in [9.17, 15) is 4.79 Å². The number of benzene rings is 2. The average molecular weight is 378 g/mol. The smallest absolute Gasteiger partial charge is 0.259 e. The molecule has 0 fully saturated rings.